The average Bonchev–Trinajstić information content (AvgIpc) is 2.45. The Bertz CT molecular complexity index is 510. The van der Waals surface area contributed by atoms with Crippen molar-refractivity contribution >= 4 is 23.0 Å². The molecule has 110 valence electrons. The van der Waals surface area contributed by atoms with E-state index >= 15 is 0 Å². The quantitative estimate of drug-likeness (QED) is 0.621. The molecule has 0 unspecified atom stereocenters. The predicted octanol–water partition coefficient (Wildman–Crippen LogP) is 2.12. The molecule has 1 aromatic rings. The lowest BCUT2D eigenvalue weighted by Gasteiger charge is -2.27. The fraction of sp³-hybridized carbons (Fsp3) is 0.533. The summed E-state index contributed by atoms with van der Waals surface area (Å²) in [5.74, 6) is 0.0341. The number of aliphatic hydroxyl groups is 1. The van der Waals surface area contributed by atoms with Crippen molar-refractivity contribution in [1.29, 1.82) is 0 Å². The number of rotatable bonds is 5. The first-order valence-corrected chi connectivity index (χ1v) is 7.16. The minimum atomic E-state index is -0.731. The molecule has 1 aliphatic heterocycles. The molecule has 1 amide bonds. The summed E-state index contributed by atoms with van der Waals surface area (Å²) in [7, 11) is 0. The first-order chi connectivity index (χ1) is 9.47. The maximum atomic E-state index is 11.4. The molecule has 5 N–H and O–H groups in total. The molecule has 0 aromatic heterocycles. The van der Waals surface area contributed by atoms with Gasteiger partial charge in [0, 0.05) is 18.7 Å². The molecule has 0 saturated carbocycles. The van der Waals surface area contributed by atoms with E-state index in [2.05, 4.69) is 10.6 Å². The largest absolute Gasteiger partial charge is 0.397 e. The topological polar surface area (TPSA) is 87.4 Å². The number of nitrogens with one attached hydrogen (secondary N) is 2. The molecule has 5 heteroatoms. The summed E-state index contributed by atoms with van der Waals surface area (Å²) >= 11 is 0. The van der Waals surface area contributed by atoms with Crippen LogP contribution < -0.4 is 16.4 Å². The van der Waals surface area contributed by atoms with Crippen LogP contribution in [-0.4, -0.2) is 23.2 Å². The zero-order valence-corrected chi connectivity index (χ0v) is 12.1. The Morgan fingerprint density at radius 3 is 2.70 bits per heavy atom. The molecule has 0 fully saturated rings. The second-order valence-corrected chi connectivity index (χ2v) is 5.43. The lowest BCUT2D eigenvalue weighted by molar-refractivity contribution is -0.116. The minimum Gasteiger partial charge on any atom is -0.397 e. The Kier molecular flexibility index (Phi) is 4.18. The van der Waals surface area contributed by atoms with E-state index in [0.717, 1.165) is 23.4 Å². The maximum Gasteiger partial charge on any atom is 0.224 e. The van der Waals surface area contributed by atoms with Gasteiger partial charge in [0.1, 0.15) is 0 Å². The van der Waals surface area contributed by atoms with Gasteiger partial charge in [0.25, 0.3) is 0 Å². The monoisotopic (exact) mass is 277 g/mol. The van der Waals surface area contributed by atoms with E-state index in [1.807, 2.05) is 26.0 Å². The van der Waals surface area contributed by atoms with Crippen molar-refractivity contribution in [1.82, 2.24) is 0 Å². The fourth-order valence-corrected chi connectivity index (χ4v) is 2.36. The van der Waals surface area contributed by atoms with Gasteiger partial charge in [0.05, 0.1) is 17.0 Å². The molecule has 20 heavy (non-hydrogen) atoms. The molecule has 1 aliphatic rings. The Morgan fingerprint density at radius 2 is 2.05 bits per heavy atom. The van der Waals surface area contributed by atoms with E-state index in [1.165, 1.54) is 0 Å². The van der Waals surface area contributed by atoms with Crippen LogP contribution in [0.25, 0.3) is 0 Å². The Labute approximate surface area is 119 Å². The number of anilines is 3. The molecule has 1 heterocycles. The number of nitrogens with two attached hydrogens (primary N) is 1. The maximum absolute atomic E-state index is 11.4. The summed E-state index contributed by atoms with van der Waals surface area (Å²) in [5.41, 5.74) is 8.59. The molecule has 1 aromatic carbocycles. The van der Waals surface area contributed by atoms with Gasteiger partial charge < -0.3 is 21.5 Å². The fourth-order valence-electron chi connectivity index (χ4n) is 2.36. The van der Waals surface area contributed by atoms with Crippen LogP contribution in [0.1, 0.15) is 38.7 Å². The zero-order valence-electron chi connectivity index (χ0n) is 12.1. The highest BCUT2D eigenvalue weighted by Gasteiger charge is 2.23. The Balaban J connectivity index is 2.16. The standard InChI is InChI=1S/C15H23N3O2/c1-3-15(20,4-2)9-17-13-8-12-10(7-11(13)16)5-6-14(19)18-12/h7-8,17,20H,3-6,9,16H2,1-2H3,(H,18,19). The lowest BCUT2D eigenvalue weighted by atomic mass is 9.97. The number of hydrogen-bond acceptors (Lipinski definition) is 4. The molecule has 0 bridgehead atoms. The zero-order chi connectivity index (χ0) is 14.8. The predicted molar refractivity (Wildman–Crippen MR) is 81.8 cm³/mol. The molecule has 0 aliphatic carbocycles. The van der Waals surface area contributed by atoms with Crippen molar-refractivity contribution in [3.8, 4) is 0 Å². The Morgan fingerprint density at radius 1 is 1.35 bits per heavy atom. The second kappa shape index (κ2) is 5.71. The van der Waals surface area contributed by atoms with E-state index in [9.17, 15) is 9.90 Å². The van der Waals surface area contributed by atoms with Crippen LogP contribution in [0.4, 0.5) is 17.1 Å². The van der Waals surface area contributed by atoms with E-state index in [1.54, 1.807) is 0 Å². The van der Waals surface area contributed by atoms with Gasteiger partial charge in [0.2, 0.25) is 5.91 Å². The lowest BCUT2D eigenvalue weighted by Crippen LogP contribution is -2.35. The highest BCUT2D eigenvalue weighted by molar-refractivity contribution is 5.95. The van der Waals surface area contributed by atoms with Crippen LogP contribution in [0.3, 0.4) is 0 Å². The molecule has 0 spiro atoms. The highest BCUT2D eigenvalue weighted by Crippen LogP contribution is 2.31. The molecule has 2 rings (SSSR count). The number of nitrogen functional groups attached to an aromatic ring is 1. The third-order valence-electron chi connectivity index (χ3n) is 4.09. The van der Waals surface area contributed by atoms with Gasteiger partial charge in [-0.25, -0.2) is 0 Å². The van der Waals surface area contributed by atoms with Crippen LogP contribution >= 0.6 is 0 Å². The van der Waals surface area contributed by atoms with Crippen LogP contribution in [0, 0.1) is 0 Å². The molecule has 0 atom stereocenters. The Hall–Kier alpha value is -1.75. The summed E-state index contributed by atoms with van der Waals surface area (Å²) in [6.45, 7) is 4.36. The molecule has 0 radical (unpaired) electrons. The SMILES string of the molecule is CCC(O)(CC)CNc1cc2c(cc1N)CCC(=O)N2. The van der Waals surface area contributed by atoms with Crippen LogP contribution in [0.2, 0.25) is 0 Å². The van der Waals surface area contributed by atoms with Crippen LogP contribution in [0.15, 0.2) is 12.1 Å². The number of aryl methyl sites for hydroxylation is 1. The number of amides is 1. The first-order valence-electron chi connectivity index (χ1n) is 7.16. The van der Waals surface area contributed by atoms with Crippen LogP contribution in [-0.2, 0) is 11.2 Å². The number of carbonyl (C=O) groups excluding carboxylic acids is 1. The number of fused-ring (bicyclic) bond motifs is 1. The van der Waals surface area contributed by atoms with Crippen LogP contribution in [0.5, 0.6) is 0 Å². The average molecular weight is 277 g/mol. The van der Waals surface area contributed by atoms with Crippen molar-refractivity contribution in [3.63, 3.8) is 0 Å². The molecule has 0 saturated heterocycles. The smallest absolute Gasteiger partial charge is 0.224 e. The minimum absolute atomic E-state index is 0.0341. The summed E-state index contributed by atoms with van der Waals surface area (Å²) in [6, 6.07) is 3.75. The van der Waals surface area contributed by atoms with Gasteiger partial charge in [-0.15, -0.1) is 0 Å². The summed E-state index contributed by atoms with van der Waals surface area (Å²) in [5, 5.41) is 16.3. The molecule has 5 nitrogen and oxygen atoms in total. The molecular formula is C15H23N3O2. The molecular weight excluding hydrogens is 254 g/mol. The first kappa shape index (κ1) is 14.7. The van der Waals surface area contributed by atoms with Gasteiger partial charge in [-0.3, -0.25) is 4.79 Å². The van der Waals surface area contributed by atoms with Crippen molar-refractivity contribution in [2.75, 3.05) is 22.9 Å². The normalized spacial score (nSPS) is 14.7. The van der Waals surface area contributed by atoms with Crippen molar-refractivity contribution in [2.45, 2.75) is 45.1 Å². The van der Waals surface area contributed by atoms with Crippen molar-refractivity contribution in [3.05, 3.63) is 17.7 Å². The van der Waals surface area contributed by atoms with E-state index in [4.69, 9.17) is 5.73 Å². The second-order valence-electron chi connectivity index (χ2n) is 5.43. The third kappa shape index (κ3) is 3.04. The van der Waals surface area contributed by atoms with Crippen molar-refractivity contribution in [2.24, 2.45) is 0 Å². The summed E-state index contributed by atoms with van der Waals surface area (Å²) in [6.07, 6.45) is 2.58. The summed E-state index contributed by atoms with van der Waals surface area (Å²) in [4.78, 5) is 11.4. The number of carbonyl (C=O) groups is 1. The van der Waals surface area contributed by atoms with Gasteiger partial charge >= 0.3 is 0 Å². The van der Waals surface area contributed by atoms with E-state index in [-0.39, 0.29) is 5.91 Å². The van der Waals surface area contributed by atoms with Crippen molar-refractivity contribution < 1.29 is 9.90 Å². The number of hydrogen-bond donors (Lipinski definition) is 4. The van der Waals surface area contributed by atoms with E-state index in [0.29, 0.717) is 31.5 Å². The highest BCUT2D eigenvalue weighted by atomic mass is 16.3. The van der Waals surface area contributed by atoms with Gasteiger partial charge in [-0.05, 0) is 37.0 Å². The van der Waals surface area contributed by atoms with Gasteiger partial charge in [0.15, 0.2) is 0 Å². The third-order valence-corrected chi connectivity index (χ3v) is 4.09. The van der Waals surface area contributed by atoms with E-state index < -0.39 is 5.60 Å². The number of benzene rings is 1. The van der Waals surface area contributed by atoms with Gasteiger partial charge in [-0.1, -0.05) is 13.8 Å². The van der Waals surface area contributed by atoms with Gasteiger partial charge in [-0.2, -0.15) is 0 Å². The summed E-state index contributed by atoms with van der Waals surface area (Å²) < 4.78 is 0.